The predicted octanol–water partition coefficient (Wildman–Crippen LogP) is 1.46. The van der Waals surface area contributed by atoms with E-state index in [2.05, 4.69) is 15.3 Å². The molecule has 17 heavy (non-hydrogen) atoms. The number of hydrogen-bond acceptors (Lipinski definition) is 4. The molecule has 1 rings (SSSR count). The number of hydrogen-bond donors (Lipinski definition) is 3. The van der Waals surface area contributed by atoms with Gasteiger partial charge in [0, 0.05) is 18.0 Å². The largest absolute Gasteiger partial charge is 0.393 e. The smallest absolute Gasteiger partial charge is 0.252 e. The maximum atomic E-state index is 11.4. The first-order valence-corrected chi connectivity index (χ1v) is 5.94. The Labute approximate surface area is 101 Å². The molecule has 2 atom stereocenters. The molecule has 0 fully saturated rings. The van der Waals surface area contributed by atoms with E-state index in [1.165, 1.54) is 6.07 Å². The van der Waals surface area contributed by atoms with Crippen LogP contribution in [-0.4, -0.2) is 27.2 Å². The summed E-state index contributed by atoms with van der Waals surface area (Å²) in [5, 5.41) is 12.4. The van der Waals surface area contributed by atoms with E-state index >= 15 is 0 Å². The lowest BCUT2D eigenvalue weighted by Gasteiger charge is -2.16. The zero-order valence-corrected chi connectivity index (χ0v) is 10.8. The van der Waals surface area contributed by atoms with Crippen molar-refractivity contribution in [3.8, 4) is 0 Å². The second-order valence-corrected chi connectivity index (χ2v) is 4.80. The summed E-state index contributed by atoms with van der Waals surface area (Å²) in [6, 6.07) is 1.51. The monoisotopic (exact) mass is 239 g/mol. The molecule has 1 aromatic heterocycles. The molecule has 0 saturated heterocycles. The molecular formula is C12H21N3O2. The van der Waals surface area contributed by atoms with Crippen LogP contribution in [0.3, 0.4) is 0 Å². The van der Waals surface area contributed by atoms with Gasteiger partial charge in [-0.05, 0) is 20.3 Å². The van der Waals surface area contributed by atoms with Crippen LogP contribution in [0.5, 0.6) is 0 Å². The van der Waals surface area contributed by atoms with Crippen molar-refractivity contribution >= 4 is 5.82 Å². The maximum absolute atomic E-state index is 11.4. The lowest BCUT2D eigenvalue weighted by atomic mass is 10.1. The quantitative estimate of drug-likeness (QED) is 0.727. The van der Waals surface area contributed by atoms with Crippen molar-refractivity contribution in [1.29, 1.82) is 0 Å². The summed E-state index contributed by atoms with van der Waals surface area (Å²) in [6.45, 7) is 7.64. The molecular weight excluding hydrogens is 218 g/mol. The highest BCUT2D eigenvalue weighted by molar-refractivity contribution is 5.34. The molecule has 1 heterocycles. The molecule has 5 heteroatoms. The van der Waals surface area contributed by atoms with Gasteiger partial charge in [0.15, 0.2) is 0 Å². The summed E-state index contributed by atoms with van der Waals surface area (Å²) in [5.74, 6) is 1.41. The minimum absolute atomic E-state index is 0.0734. The van der Waals surface area contributed by atoms with Gasteiger partial charge < -0.3 is 15.4 Å². The van der Waals surface area contributed by atoms with Gasteiger partial charge in [0.05, 0.1) is 6.10 Å². The standard InChI is InChI=1S/C12H21N3O2/c1-7(2)12-14-10(6-11(17)15-12)13-8(3)5-9(4)16/h6-9,16H,5H2,1-4H3,(H2,13,14,15,17). The highest BCUT2D eigenvalue weighted by Crippen LogP contribution is 2.11. The molecule has 3 N–H and O–H groups in total. The first-order valence-electron chi connectivity index (χ1n) is 5.94. The molecule has 2 unspecified atom stereocenters. The van der Waals surface area contributed by atoms with E-state index in [0.29, 0.717) is 18.1 Å². The van der Waals surface area contributed by atoms with Gasteiger partial charge in [-0.2, -0.15) is 0 Å². The first kappa shape index (κ1) is 13.7. The van der Waals surface area contributed by atoms with Gasteiger partial charge in [0.1, 0.15) is 11.6 Å². The number of aromatic nitrogens is 2. The van der Waals surface area contributed by atoms with Crippen molar-refractivity contribution in [2.45, 2.75) is 52.2 Å². The normalized spacial score (nSPS) is 14.7. The summed E-state index contributed by atoms with van der Waals surface area (Å²) in [5.41, 5.74) is -0.157. The van der Waals surface area contributed by atoms with Crippen LogP contribution < -0.4 is 10.9 Å². The first-order chi connectivity index (χ1) is 7.88. The Hall–Kier alpha value is -1.36. The van der Waals surface area contributed by atoms with Gasteiger partial charge in [-0.15, -0.1) is 0 Å². The molecule has 96 valence electrons. The van der Waals surface area contributed by atoms with Gasteiger partial charge in [0.2, 0.25) is 0 Å². The number of nitrogens with one attached hydrogen (secondary N) is 2. The average molecular weight is 239 g/mol. The summed E-state index contributed by atoms with van der Waals surface area (Å²) in [4.78, 5) is 18.5. The van der Waals surface area contributed by atoms with Crippen molar-refractivity contribution in [1.82, 2.24) is 9.97 Å². The molecule has 5 nitrogen and oxygen atoms in total. The fraction of sp³-hybridized carbons (Fsp3) is 0.667. The highest BCUT2D eigenvalue weighted by Gasteiger charge is 2.09. The molecule has 0 aliphatic rings. The third kappa shape index (κ3) is 4.56. The van der Waals surface area contributed by atoms with Crippen LogP contribution in [0.1, 0.15) is 45.9 Å². The van der Waals surface area contributed by atoms with Gasteiger partial charge in [-0.3, -0.25) is 4.79 Å². The number of anilines is 1. The molecule has 0 aliphatic heterocycles. The molecule has 0 aromatic carbocycles. The van der Waals surface area contributed by atoms with E-state index in [-0.39, 0.29) is 23.6 Å². The van der Waals surface area contributed by atoms with Crippen molar-refractivity contribution in [2.24, 2.45) is 0 Å². The number of nitrogens with zero attached hydrogens (tertiary/aromatic N) is 1. The Morgan fingerprint density at radius 2 is 2.06 bits per heavy atom. The molecule has 0 saturated carbocycles. The van der Waals surface area contributed by atoms with E-state index in [4.69, 9.17) is 0 Å². The fourth-order valence-corrected chi connectivity index (χ4v) is 1.65. The molecule has 0 bridgehead atoms. The van der Waals surface area contributed by atoms with E-state index < -0.39 is 0 Å². The Balaban J connectivity index is 2.80. The van der Waals surface area contributed by atoms with Crippen molar-refractivity contribution in [2.75, 3.05) is 5.32 Å². The lowest BCUT2D eigenvalue weighted by Crippen LogP contribution is -2.23. The zero-order chi connectivity index (χ0) is 13.0. The third-order valence-corrected chi connectivity index (χ3v) is 2.40. The van der Waals surface area contributed by atoms with E-state index in [9.17, 15) is 9.90 Å². The lowest BCUT2D eigenvalue weighted by molar-refractivity contribution is 0.179. The Morgan fingerprint density at radius 1 is 1.41 bits per heavy atom. The Morgan fingerprint density at radius 3 is 2.59 bits per heavy atom. The van der Waals surface area contributed by atoms with Crippen LogP contribution in [-0.2, 0) is 0 Å². The van der Waals surface area contributed by atoms with E-state index in [0.717, 1.165) is 0 Å². The fourth-order valence-electron chi connectivity index (χ4n) is 1.65. The van der Waals surface area contributed by atoms with Crippen LogP contribution in [0.15, 0.2) is 10.9 Å². The summed E-state index contributed by atoms with van der Waals surface area (Å²) in [7, 11) is 0. The van der Waals surface area contributed by atoms with Gasteiger partial charge in [-0.1, -0.05) is 13.8 Å². The average Bonchev–Trinajstić information content (AvgIpc) is 2.14. The number of aliphatic hydroxyl groups is 1. The second-order valence-electron chi connectivity index (χ2n) is 4.80. The molecule has 0 spiro atoms. The van der Waals surface area contributed by atoms with Crippen molar-refractivity contribution < 1.29 is 5.11 Å². The van der Waals surface area contributed by atoms with Crippen LogP contribution in [0.25, 0.3) is 0 Å². The zero-order valence-electron chi connectivity index (χ0n) is 10.8. The molecule has 0 aliphatic carbocycles. The second kappa shape index (κ2) is 5.82. The number of aliphatic hydroxyl groups excluding tert-OH is 1. The topological polar surface area (TPSA) is 78.0 Å². The van der Waals surface area contributed by atoms with Gasteiger partial charge >= 0.3 is 0 Å². The van der Waals surface area contributed by atoms with Crippen LogP contribution in [0.2, 0.25) is 0 Å². The van der Waals surface area contributed by atoms with Crippen LogP contribution >= 0.6 is 0 Å². The van der Waals surface area contributed by atoms with Crippen molar-refractivity contribution in [3.63, 3.8) is 0 Å². The highest BCUT2D eigenvalue weighted by atomic mass is 16.3. The molecule has 1 aromatic rings. The van der Waals surface area contributed by atoms with Crippen LogP contribution in [0, 0.1) is 0 Å². The summed E-state index contributed by atoms with van der Waals surface area (Å²) in [6.07, 6.45) is 0.245. The minimum atomic E-state index is -0.371. The molecule has 0 radical (unpaired) electrons. The van der Waals surface area contributed by atoms with Gasteiger partial charge in [0.25, 0.3) is 5.56 Å². The minimum Gasteiger partial charge on any atom is -0.393 e. The Kier molecular flexibility index (Phi) is 4.69. The third-order valence-electron chi connectivity index (χ3n) is 2.40. The number of rotatable bonds is 5. The van der Waals surface area contributed by atoms with E-state index in [1.54, 1.807) is 6.92 Å². The SMILES string of the molecule is CC(O)CC(C)Nc1cc(=O)[nH]c(C(C)C)n1. The van der Waals surface area contributed by atoms with Crippen LogP contribution in [0.4, 0.5) is 5.82 Å². The molecule has 0 amide bonds. The summed E-state index contributed by atoms with van der Waals surface area (Å²) >= 11 is 0. The summed E-state index contributed by atoms with van der Waals surface area (Å²) < 4.78 is 0. The number of H-pyrrole nitrogens is 1. The predicted molar refractivity (Wildman–Crippen MR) is 68.3 cm³/mol. The van der Waals surface area contributed by atoms with Gasteiger partial charge in [-0.25, -0.2) is 4.98 Å². The van der Waals surface area contributed by atoms with Crippen molar-refractivity contribution in [3.05, 3.63) is 22.2 Å². The Bertz CT molecular complexity index is 412. The maximum Gasteiger partial charge on any atom is 0.252 e. The number of aromatic amines is 1. The van der Waals surface area contributed by atoms with E-state index in [1.807, 2.05) is 20.8 Å².